The van der Waals surface area contributed by atoms with Gasteiger partial charge in [0.1, 0.15) is 0 Å². The Morgan fingerprint density at radius 1 is 1.16 bits per heavy atom. The summed E-state index contributed by atoms with van der Waals surface area (Å²) >= 11 is 0. The SMILES string of the molecule is CC(C)(C)C(=O)c1cc2ccccc2cc1CC#N. The molecule has 0 amide bonds. The highest BCUT2D eigenvalue weighted by atomic mass is 16.1. The molecule has 2 nitrogen and oxygen atoms in total. The van der Waals surface area contributed by atoms with Crippen LogP contribution in [0.3, 0.4) is 0 Å². The number of carbonyl (C=O) groups is 1. The standard InChI is InChI=1S/C17H17NO/c1-17(2,3)16(19)15-11-13-7-5-4-6-12(13)10-14(15)8-9-18/h4-7,10-11H,8H2,1-3H3. The van der Waals surface area contributed by atoms with Crippen molar-refractivity contribution in [1.82, 2.24) is 0 Å². The summed E-state index contributed by atoms with van der Waals surface area (Å²) in [5.41, 5.74) is 1.06. The van der Waals surface area contributed by atoms with Gasteiger partial charge in [-0.2, -0.15) is 5.26 Å². The predicted octanol–water partition coefficient (Wildman–Crippen LogP) is 4.13. The van der Waals surface area contributed by atoms with Crippen LogP contribution in [0.25, 0.3) is 10.8 Å². The van der Waals surface area contributed by atoms with Crippen molar-refractivity contribution in [2.24, 2.45) is 5.41 Å². The molecule has 19 heavy (non-hydrogen) atoms. The number of nitriles is 1. The summed E-state index contributed by atoms with van der Waals surface area (Å²) in [5, 5.41) is 11.0. The van der Waals surface area contributed by atoms with E-state index in [1.54, 1.807) is 0 Å². The number of fused-ring (bicyclic) bond motifs is 1. The topological polar surface area (TPSA) is 40.9 Å². The molecular formula is C17H17NO. The molecule has 0 aliphatic heterocycles. The van der Waals surface area contributed by atoms with Crippen LogP contribution in [0.4, 0.5) is 0 Å². The van der Waals surface area contributed by atoms with Gasteiger partial charge < -0.3 is 0 Å². The zero-order valence-corrected chi connectivity index (χ0v) is 11.5. The van der Waals surface area contributed by atoms with Gasteiger partial charge in [-0.3, -0.25) is 4.79 Å². The number of hydrogen-bond acceptors (Lipinski definition) is 2. The lowest BCUT2D eigenvalue weighted by Crippen LogP contribution is -2.21. The Kier molecular flexibility index (Phi) is 3.40. The molecule has 2 aromatic rings. The third kappa shape index (κ3) is 2.66. The fraction of sp³-hybridized carbons (Fsp3) is 0.294. The van der Waals surface area contributed by atoms with Crippen molar-refractivity contribution in [3.63, 3.8) is 0 Å². The maximum Gasteiger partial charge on any atom is 0.168 e. The highest BCUT2D eigenvalue weighted by molar-refractivity contribution is 6.04. The van der Waals surface area contributed by atoms with Crippen molar-refractivity contribution < 1.29 is 4.79 Å². The van der Waals surface area contributed by atoms with E-state index in [0.717, 1.165) is 16.3 Å². The summed E-state index contributed by atoms with van der Waals surface area (Å²) in [5.74, 6) is 0.0866. The second-order valence-electron chi connectivity index (χ2n) is 5.77. The molecule has 0 saturated heterocycles. The fourth-order valence-corrected chi connectivity index (χ4v) is 2.13. The van der Waals surface area contributed by atoms with Gasteiger partial charge in [-0.05, 0) is 28.5 Å². The first kappa shape index (κ1) is 13.3. The molecule has 2 heteroatoms. The quantitative estimate of drug-likeness (QED) is 0.753. The average Bonchev–Trinajstić information content (AvgIpc) is 2.36. The molecule has 2 aromatic carbocycles. The first-order chi connectivity index (χ1) is 8.93. The minimum Gasteiger partial charge on any atom is -0.294 e. The van der Waals surface area contributed by atoms with E-state index in [1.165, 1.54) is 0 Å². The molecule has 0 radical (unpaired) electrons. The van der Waals surface area contributed by atoms with E-state index in [1.807, 2.05) is 57.2 Å². The summed E-state index contributed by atoms with van der Waals surface area (Å²) < 4.78 is 0. The number of hydrogen-bond donors (Lipinski definition) is 0. The molecular weight excluding hydrogens is 234 g/mol. The lowest BCUT2D eigenvalue weighted by atomic mass is 9.83. The van der Waals surface area contributed by atoms with Gasteiger partial charge in [0.2, 0.25) is 0 Å². The normalized spacial score (nSPS) is 11.3. The monoisotopic (exact) mass is 251 g/mol. The number of rotatable bonds is 2. The van der Waals surface area contributed by atoms with Crippen molar-refractivity contribution in [2.75, 3.05) is 0 Å². The summed E-state index contributed by atoms with van der Waals surface area (Å²) in [4.78, 5) is 12.5. The number of Topliss-reactive ketones (excluding diaryl/α,β-unsaturated/α-hetero) is 1. The Hall–Kier alpha value is -2.14. The highest BCUT2D eigenvalue weighted by Gasteiger charge is 2.25. The molecule has 0 N–H and O–H groups in total. The molecule has 0 spiro atoms. The Labute approximate surface area is 113 Å². The first-order valence-corrected chi connectivity index (χ1v) is 6.37. The smallest absolute Gasteiger partial charge is 0.168 e. The van der Waals surface area contributed by atoms with Crippen LogP contribution in [-0.2, 0) is 6.42 Å². The summed E-state index contributed by atoms with van der Waals surface area (Å²) in [7, 11) is 0. The van der Waals surface area contributed by atoms with Crippen molar-refractivity contribution in [1.29, 1.82) is 5.26 Å². The minimum atomic E-state index is -0.438. The molecule has 0 bridgehead atoms. The number of nitrogens with zero attached hydrogens (tertiary/aromatic N) is 1. The Morgan fingerprint density at radius 2 is 1.74 bits per heavy atom. The Morgan fingerprint density at radius 3 is 2.26 bits per heavy atom. The second kappa shape index (κ2) is 4.85. The molecule has 2 rings (SSSR count). The van der Waals surface area contributed by atoms with Gasteiger partial charge in [0.05, 0.1) is 12.5 Å². The van der Waals surface area contributed by atoms with Gasteiger partial charge in [0.25, 0.3) is 0 Å². The van der Waals surface area contributed by atoms with Crippen LogP contribution in [0.15, 0.2) is 36.4 Å². The minimum absolute atomic E-state index is 0.0866. The molecule has 0 unspecified atom stereocenters. The highest BCUT2D eigenvalue weighted by Crippen LogP contribution is 2.27. The van der Waals surface area contributed by atoms with Gasteiger partial charge >= 0.3 is 0 Å². The summed E-state index contributed by atoms with van der Waals surface area (Å²) in [6.07, 6.45) is 0.266. The third-order valence-corrected chi connectivity index (χ3v) is 3.17. The van der Waals surface area contributed by atoms with Gasteiger partial charge in [0.15, 0.2) is 5.78 Å². The molecule has 96 valence electrons. The second-order valence-corrected chi connectivity index (χ2v) is 5.77. The molecule has 0 heterocycles. The average molecular weight is 251 g/mol. The van der Waals surface area contributed by atoms with E-state index in [9.17, 15) is 4.79 Å². The van der Waals surface area contributed by atoms with Crippen LogP contribution in [0.5, 0.6) is 0 Å². The van der Waals surface area contributed by atoms with E-state index >= 15 is 0 Å². The lowest BCUT2D eigenvalue weighted by Gasteiger charge is -2.19. The van der Waals surface area contributed by atoms with Gasteiger partial charge in [0, 0.05) is 11.0 Å². The fourth-order valence-electron chi connectivity index (χ4n) is 2.13. The number of ketones is 1. The zero-order chi connectivity index (χ0) is 14.0. The molecule has 0 fully saturated rings. The Bertz CT molecular complexity index is 672. The Balaban J connectivity index is 2.67. The molecule has 0 aliphatic carbocycles. The van der Waals surface area contributed by atoms with E-state index in [2.05, 4.69) is 6.07 Å². The predicted molar refractivity (Wildman–Crippen MR) is 77.1 cm³/mol. The van der Waals surface area contributed by atoms with E-state index in [0.29, 0.717) is 5.56 Å². The largest absolute Gasteiger partial charge is 0.294 e. The van der Waals surface area contributed by atoms with Crippen LogP contribution < -0.4 is 0 Å². The van der Waals surface area contributed by atoms with Crippen molar-refractivity contribution in [2.45, 2.75) is 27.2 Å². The van der Waals surface area contributed by atoms with Crippen LogP contribution >= 0.6 is 0 Å². The zero-order valence-electron chi connectivity index (χ0n) is 11.5. The van der Waals surface area contributed by atoms with Crippen LogP contribution in [0.2, 0.25) is 0 Å². The van der Waals surface area contributed by atoms with E-state index < -0.39 is 5.41 Å². The van der Waals surface area contributed by atoms with Crippen molar-refractivity contribution in [3.8, 4) is 6.07 Å². The first-order valence-electron chi connectivity index (χ1n) is 6.37. The van der Waals surface area contributed by atoms with Gasteiger partial charge in [-0.15, -0.1) is 0 Å². The van der Waals surface area contributed by atoms with Crippen LogP contribution in [0.1, 0.15) is 36.7 Å². The molecule has 0 aromatic heterocycles. The summed E-state index contributed by atoms with van der Waals surface area (Å²) in [6, 6.07) is 13.9. The lowest BCUT2D eigenvalue weighted by molar-refractivity contribution is 0.0857. The van der Waals surface area contributed by atoms with Crippen LogP contribution in [0, 0.1) is 16.7 Å². The van der Waals surface area contributed by atoms with Crippen LogP contribution in [-0.4, -0.2) is 5.78 Å². The maximum atomic E-state index is 12.5. The number of carbonyl (C=O) groups excluding carboxylic acids is 1. The van der Waals surface area contributed by atoms with Crippen molar-refractivity contribution >= 4 is 16.6 Å². The number of benzene rings is 2. The molecule has 0 saturated carbocycles. The molecule has 0 atom stereocenters. The third-order valence-electron chi connectivity index (χ3n) is 3.17. The van der Waals surface area contributed by atoms with E-state index in [-0.39, 0.29) is 12.2 Å². The van der Waals surface area contributed by atoms with Gasteiger partial charge in [-0.1, -0.05) is 45.0 Å². The van der Waals surface area contributed by atoms with Gasteiger partial charge in [-0.25, -0.2) is 0 Å². The molecule has 0 aliphatic rings. The summed E-state index contributed by atoms with van der Waals surface area (Å²) in [6.45, 7) is 5.71. The van der Waals surface area contributed by atoms with E-state index in [4.69, 9.17) is 5.26 Å². The van der Waals surface area contributed by atoms with Crippen molar-refractivity contribution in [3.05, 3.63) is 47.5 Å². The maximum absolute atomic E-state index is 12.5.